The largest absolute Gasteiger partial charge is 0.481 e. The number of carboxylic acid groups (broad SMARTS) is 2. The van der Waals surface area contributed by atoms with Crippen LogP contribution in [0.1, 0.15) is 26.7 Å². The third-order valence-corrected chi connectivity index (χ3v) is 4.52. The van der Waals surface area contributed by atoms with Crippen LogP contribution in [0.3, 0.4) is 0 Å². The molecule has 4 nitrogen and oxygen atoms in total. The van der Waals surface area contributed by atoms with Crippen molar-refractivity contribution >= 4 is 11.9 Å². The summed E-state index contributed by atoms with van der Waals surface area (Å²) < 4.78 is 0. The highest BCUT2D eigenvalue weighted by Gasteiger charge is 2.63. The third-order valence-electron chi connectivity index (χ3n) is 4.52. The Labute approximate surface area is 88.3 Å². The van der Waals surface area contributed by atoms with Gasteiger partial charge in [-0.05, 0) is 30.1 Å². The van der Waals surface area contributed by atoms with E-state index >= 15 is 0 Å². The smallest absolute Gasteiger partial charge is 0.307 e. The van der Waals surface area contributed by atoms with E-state index in [0.717, 1.165) is 12.8 Å². The lowest BCUT2D eigenvalue weighted by Gasteiger charge is -2.24. The zero-order chi connectivity index (χ0) is 11.4. The van der Waals surface area contributed by atoms with Gasteiger partial charge in [-0.3, -0.25) is 9.59 Å². The zero-order valence-electron chi connectivity index (χ0n) is 8.93. The number of rotatable bonds is 2. The first-order valence-electron chi connectivity index (χ1n) is 5.33. The van der Waals surface area contributed by atoms with E-state index in [4.69, 9.17) is 10.2 Å². The highest BCUT2D eigenvalue weighted by Crippen LogP contribution is 2.63. The van der Waals surface area contributed by atoms with Gasteiger partial charge in [0.15, 0.2) is 0 Å². The molecule has 2 aliphatic carbocycles. The first-order valence-corrected chi connectivity index (χ1v) is 5.33. The molecule has 2 fully saturated rings. The molecule has 84 valence electrons. The topological polar surface area (TPSA) is 74.6 Å². The number of hydrogen-bond acceptors (Lipinski definition) is 2. The van der Waals surface area contributed by atoms with Crippen molar-refractivity contribution in [3.8, 4) is 0 Å². The van der Waals surface area contributed by atoms with Crippen LogP contribution in [-0.2, 0) is 9.59 Å². The fraction of sp³-hybridized carbons (Fsp3) is 0.818. The van der Waals surface area contributed by atoms with Crippen LogP contribution in [0.5, 0.6) is 0 Å². The maximum atomic E-state index is 11.1. The summed E-state index contributed by atoms with van der Waals surface area (Å²) in [5.41, 5.74) is -0.133. The summed E-state index contributed by atoms with van der Waals surface area (Å²) in [5.74, 6) is -3.19. The lowest BCUT2D eigenvalue weighted by molar-refractivity contribution is -0.156. The predicted octanol–water partition coefficient (Wildman–Crippen LogP) is 1.45. The number of aliphatic carboxylic acids is 2. The van der Waals surface area contributed by atoms with Crippen molar-refractivity contribution in [3.63, 3.8) is 0 Å². The molecule has 0 saturated heterocycles. The van der Waals surface area contributed by atoms with E-state index in [1.165, 1.54) is 0 Å². The van der Waals surface area contributed by atoms with E-state index in [1.807, 2.05) is 13.8 Å². The van der Waals surface area contributed by atoms with Crippen LogP contribution in [0, 0.1) is 29.1 Å². The second-order valence-corrected chi connectivity index (χ2v) is 5.34. The normalized spacial score (nSPS) is 41.7. The van der Waals surface area contributed by atoms with E-state index in [-0.39, 0.29) is 17.3 Å². The molecule has 0 heterocycles. The average molecular weight is 212 g/mol. The molecule has 0 aromatic rings. The first-order chi connectivity index (χ1) is 6.87. The first kappa shape index (κ1) is 10.5. The molecule has 0 radical (unpaired) electrons. The Balaban J connectivity index is 2.40. The number of carbonyl (C=O) groups is 2. The van der Waals surface area contributed by atoms with E-state index in [1.54, 1.807) is 0 Å². The molecular weight excluding hydrogens is 196 g/mol. The summed E-state index contributed by atoms with van der Waals surface area (Å²) in [6, 6.07) is 0. The predicted molar refractivity (Wildman–Crippen MR) is 52.2 cm³/mol. The Morgan fingerprint density at radius 3 is 1.60 bits per heavy atom. The zero-order valence-corrected chi connectivity index (χ0v) is 8.93. The molecule has 0 aromatic carbocycles. The Kier molecular flexibility index (Phi) is 2.07. The summed E-state index contributed by atoms with van der Waals surface area (Å²) >= 11 is 0. The van der Waals surface area contributed by atoms with Gasteiger partial charge in [0.25, 0.3) is 0 Å². The van der Waals surface area contributed by atoms with Crippen LogP contribution >= 0.6 is 0 Å². The number of carboxylic acids is 2. The van der Waals surface area contributed by atoms with Crippen LogP contribution in [-0.4, -0.2) is 22.2 Å². The Hall–Kier alpha value is -1.06. The minimum absolute atomic E-state index is 0.0288. The highest BCUT2D eigenvalue weighted by atomic mass is 16.4. The van der Waals surface area contributed by atoms with Crippen LogP contribution in [0.25, 0.3) is 0 Å². The van der Waals surface area contributed by atoms with Gasteiger partial charge in [-0.25, -0.2) is 0 Å². The van der Waals surface area contributed by atoms with E-state index < -0.39 is 23.8 Å². The Bertz CT molecular complexity index is 291. The summed E-state index contributed by atoms with van der Waals surface area (Å²) in [4.78, 5) is 22.3. The fourth-order valence-electron chi connectivity index (χ4n) is 3.81. The molecule has 15 heavy (non-hydrogen) atoms. The number of fused-ring (bicyclic) bond motifs is 2. The second-order valence-electron chi connectivity index (χ2n) is 5.34. The molecule has 0 spiro atoms. The maximum Gasteiger partial charge on any atom is 0.307 e. The second kappa shape index (κ2) is 2.97. The van der Waals surface area contributed by atoms with Gasteiger partial charge < -0.3 is 10.2 Å². The van der Waals surface area contributed by atoms with E-state index in [0.29, 0.717) is 0 Å². The van der Waals surface area contributed by atoms with Crippen molar-refractivity contribution in [2.75, 3.05) is 0 Å². The molecule has 4 unspecified atom stereocenters. The lowest BCUT2D eigenvalue weighted by Crippen LogP contribution is -2.34. The van der Waals surface area contributed by atoms with Gasteiger partial charge in [-0.2, -0.15) is 0 Å². The SMILES string of the molecule is CC1(C)C2CCC1C(C(=O)O)C2C(=O)O. The molecule has 0 aromatic heterocycles. The molecule has 2 aliphatic rings. The van der Waals surface area contributed by atoms with Gasteiger partial charge in [-0.15, -0.1) is 0 Å². The van der Waals surface area contributed by atoms with E-state index in [9.17, 15) is 9.59 Å². The van der Waals surface area contributed by atoms with Crippen LogP contribution in [0.15, 0.2) is 0 Å². The average Bonchev–Trinajstić information content (AvgIpc) is 2.52. The summed E-state index contributed by atoms with van der Waals surface area (Å²) in [6.07, 6.45) is 1.72. The molecule has 4 atom stereocenters. The van der Waals surface area contributed by atoms with Crippen molar-refractivity contribution in [1.29, 1.82) is 0 Å². The Morgan fingerprint density at radius 1 is 1.00 bits per heavy atom. The molecule has 2 saturated carbocycles. The van der Waals surface area contributed by atoms with E-state index in [2.05, 4.69) is 0 Å². The van der Waals surface area contributed by atoms with Crippen LogP contribution in [0.2, 0.25) is 0 Å². The van der Waals surface area contributed by atoms with Gasteiger partial charge in [0.1, 0.15) is 0 Å². The molecule has 2 bridgehead atoms. The third kappa shape index (κ3) is 1.20. The highest BCUT2D eigenvalue weighted by molar-refractivity contribution is 5.82. The minimum Gasteiger partial charge on any atom is -0.481 e. The number of hydrogen-bond donors (Lipinski definition) is 2. The van der Waals surface area contributed by atoms with Crippen molar-refractivity contribution in [1.82, 2.24) is 0 Å². The molecule has 4 heteroatoms. The van der Waals surface area contributed by atoms with Crippen molar-refractivity contribution in [3.05, 3.63) is 0 Å². The van der Waals surface area contributed by atoms with Crippen molar-refractivity contribution in [2.24, 2.45) is 29.1 Å². The molecular formula is C11H16O4. The lowest BCUT2D eigenvalue weighted by atomic mass is 9.79. The summed E-state index contributed by atoms with van der Waals surface area (Å²) in [6.45, 7) is 4.02. The maximum absolute atomic E-state index is 11.1. The van der Waals surface area contributed by atoms with Crippen LogP contribution < -0.4 is 0 Å². The van der Waals surface area contributed by atoms with Crippen molar-refractivity contribution < 1.29 is 19.8 Å². The minimum atomic E-state index is -0.942. The fourth-order valence-corrected chi connectivity index (χ4v) is 3.81. The summed E-state index contributed by atoms with van der Waals surface area (Å²) in [7, 11) is 0. The molecule has 0 amide bonds. The standard InChI is InChI=1S/C11H16O4/c1-11(2)5-3-4-6(11)8(10(14)15)7(5)9(12)13/h5-8H,3-4H2,1-2H3,(H,12,13)(H,14,15). The molecule has 0 aliphatic heterocycles. The van der Waals surface area contributed by atoms with Crippen molar-refractivity contribution in [2.45, 2.75) is 26.7 Å². The quantitative estimate of drug-likeness (QED) is 0.726. The summed E-state index contributed by atoms with van der Waals surface area (Å²) in [5, 5.41) is 18.2. The molecule has 2 rings (SSSR count). The van der Waals surface area contributed by atoms with Gasteiger partial charge in [-0.1, -0.05) is 13.8 Å². The Morgan fingerprint density at radius 2 is 1.33 bits per heavy atom. The van der Waals surface area contributed by atoms with Crippen LogP contribution in [0.4, 0.5) is 0 Å². The van der Waals surface area contributed by atoms with Gasteiger partial charge >= 0.3 is 11.9 Å². The van der Waals surface area contributed by atoms with Gasteiger partial charge in [0.2, 0.25) is 0 Å². The monoisotopic (exact) mass is 212 g/mol. The molecule has 2 N–H and O–H groups in total. The van der Waals surface area contributed by atoms with Gasteiger partial charge in [0, 0.05) is 0 Å². The van der Waals surface area contributed by atoms with Gasteiger partial charge in [0.05, 0.1) is 11.8 Å².